The van der Waals surface area contributed by atoms with E-state index >= 15 is 0 Å². The number of halogens is 1. The van der Waals surface area contributed by atoms with Gasteiger partial charge >= 0.3 is 0 Å². The number of carbonyl (C=O) groups excluding carboxylic acids is 1. The summed E-state index contributed by atoms with van der Waals surface area (Å²) in [7, 11) is 1.55. The van der Waals surface area contributed by atoms with Crippen LogP contribution in [0, 0.1) is 6.92 Å². The first-order chi connectivity index (χ1) is 15.7. The van der Waals surface area contributed by atoms with Gasteiger partial charge in [-0.3, -0.25) is 4.79 Å². The van der Waals surface area contributed by atoms with Crippen LogP contribution in [0.4, 0.5) is 5.69 Å². The van der Waals surface area contributed by atoms with Gasteiger partial charge in [-0.1, -0.05) is 68.8 Å². The van der Waals surface area contributed by atoms with E-state index in [9.17, 15) is 4.79 Å². The molecule has 0 radical (unpaired) electrons. The van der Waals surface area contributed by atoms with Crippen LogP contribution in [0.2, 0.25) is 5.02 Å². The van der Waals surface area contributed by atoms with Crippen molar-refractivity contribution in [2.45, 2.75) is 39.7 Å². The summed E-state index contributed by atoms with van der Waals surface area (Å²) >= 11 is 6.20. The number of carbonyl (C=O) groups is 1. The maximum Gasteiger partial charge on any atom is 0.244 e. The molecule has 4 rings (SSSR count). The van der Waals surface area contributed by atoms with Crippen LogP contribution in [0.1, 0.15) is 31.9 Å². The fourth-order valence-electron chi connectivity index (χ4n) is 3.84. The van der Waals surface area contributed by atoms with Gasteiger partial charge in [-0.25, -0.2) is 4.98 Å². The third-order valence-electron chi connectivity index (χ3n) is 5.72. The van der Waals surface area contributed by atoms with E-state index in [1.807, 2.05) is 41.8 Å². The lowest BCUT2D eigenvalue weighted by molar-refractivity contribution is -0.116. The molecule has 3 aromatic carbocycles. The Morgan fingerprint density at radius 1 is 1.09 bits per heavy atom. The number of hydrogen-bond donors (Lipinski definition) is 1. The Morgan fingerprint density at radius 3 is 2.45 bits per heavy atom. The van der Waals surface area contributed by atoms with Crippen molar-refractivity contribution in [3.63, 3.8) is 0 Å². The molecule has 1 amide bonds. The normalized spacial score (nSPS) is 11.6. The number of nitrogens with zero attached hydrogens (tertiary/aromatic N) is 2. The van der Waals surface area contributed by atoms with E-state index < -0.39 is 0 Å². The number of methoxy groups -OCH3 is 1. The largest absolute Gasteiger partial charge is 0.495 e. The third kappa shape index (κ3) is 4.74. The average Bonchev–Trinajstić information content (AvgIpc) is 3.14. The first kappa shape index (κ1) is 22.9. The lowest BCUT2D eigenvalue weighted by Crippen LogP contribution is -2.20. The number of ether oxygens (including phenoxy) is 1. The van der Waals surface area contributed by atoms with Crippen LogP contribution in [-0.2, 0) is 16.8 Å². The van der Waals surface area contributed by atoms with Crippen LogP contribution in [0.5, 0.6) is 5.75 Å². The molecule has 0 aliphatic rings. The van der Waals surface area contributed by atoms with Gasteiger partial charge in [0.25, 0.3) is 0 Å². The third-order valence-corrected chi connectivity index (χ3v) is 6.13. The molecule has 5 nitrogen and oxygen atoms in total. The maximum absolute atomic E-state index is 13.1. The Kier molecular flexibility index (Phi) is 6.17. The highest BCUT2D eigenvalue weighted by Gasteiger charge is 2.18. The summed E-state index contributed by atoms with van der Waals surface area (Å²) in [6.45, 7) is 8.57. The monoisotopic (exact) mass is 461 g/mol. The SMILES string of the molecule is COc1cc(Cl)c(C)cc1NC(=O)Cn1c(-c2ccc(C(C)(C)C)cc2)nc2ccccc21. The number of para-hydroxylation sites is 2. The molecule has 1 aromatic heterocycles. The number of amides is 1. The average molecular weight is 462 g/mol. The summed E-state index contributed by atoms with van der Waals surface area (Å²) in [5.74, 6) is 1.10. The summed E-state index contributed by atoms with van der Waals surface area (Å²) in [5.41, 5.74) is 5.48. The smallest absolute Gasteiger partial charge is 0.244 e. The first-order valence-electron chi connectivity index (χ1n) is 10.9. The van der Waals surface area contributed by atoms with Gasteiger partial charge in [-0.2, -0.15) is 0 Å². The molecule has 0 fully saturated rings. The summed E-state index contributed by atoms with van der Waals surface area (Å²) in [4.78, 5) is 17.9. The van der Waals surface area contributed by atoms with Crippen molar-refractivity contribution in [1.29, 1.82) is 0 Å². The minimum atomic E-state index is -0.175. The zero-order chi connectivity index (χ0) is 23.8. The number of hydrogen-bond acceptors (Lipinski definition) is 3. The summed E-state index contributed by atoms with van der Waals surface area (Å²) in [6.07, 6.45) is 0. The molecule has 0 saturated carbocycles. The predicted octanol–water partition coefficient (Wildman–Crippen LogP) is 6.61. The highest BCUT2D eigenvalue weighted by atomic mass is 35.5. The molecule has 6 heteroatoms. The molecule has 170 valence electrons. The van der Waals surface area contributed by atoms with Crippen molar-refractivity contribution in [1.82, 2.24) is 9.55 Å². The van der Waals surface area contributed by atoms with Crippen LogP contribution in [0.3, 0.4) is 0 Å². The lowest BCUT2D eigenvalue weighted by Gasteiger charge is -2.19. The second-order valence-corrected chi connectivity index (χ2v) is 9.59. The van der Waals surface area contributed by atoms with Crippen LogP contribution in [0.15, 0.2) is 60.7 Å². The van der Waals surface area contributed by atoms with Gasteiger partial charge < -0.3 is 14.6 Å². The van der Waals surface area contributed by atoms with Crippen LogP contribution in [-0.4, -0.2) is 22.6 Å². The van der Waals surface area contributed by atoms with E-state index in [0.29, 0.717) is 16.5 Å². The number of aryl methyl sites for hydroxylation is 1. The molecule has 0 aliphatic heterocycles. The topological polar surface area (TPSA) is 56.1 Å². The predicted molar refractivity (Wildman–Crippen MR) is 135 cm³/mol. The van der Waals surface area contributed by atoms with Crippen molar-refractivity contribution in [3.05, 3.63) is 76.8 Å². The zero-order valence-electron chi connectivity index (χ0n) is 19.6. The quantitative estimate of drug-likeness (QED) is 0.363. The molecule has 33 heavy (non-hydrogen) atoms. The van der Waals surface area contributed by atoms with Crippen LogP contribution in [0.25, 0.3) is 22.4 Å². The first-order valence-corrected chi connectivity index (χ1v) is 11.3. The Balaban J connectivity index is 1.69. The van der Waals surface area contributed by atoms with E-state index in [2.05, 4.69) is 50.4 Å². The van der Waals surface area contributed by atoms with E-state index in [1.54, 1.807) is 13.2 Å². The molecule has 1 N–H and O–H groups in total. The standard InChI is InChI=1S/C27H28ClN3O2/c1-17-14-22(24(33-5)15-20(17)28)29-25(32)16-31-23-9-7-6-8-21(23)30-26(31)18-10-12-19(13-11-18)27(2,3)4/h6-15H,16H2,1-5H3,(H,29,32). The molecule has 0 unspecified atom stereocenters. The number of anilines is 1. The Hall–Kier alpha value is -3.31. The van der Waals surface area contributed by atoms with Crippen LogP contribution >= 0.6 is 11.6 Å². The second-order valence-electron chi connectivity index (χ2n) is 9.19. The lowest BCUT2D eigenvalue weighted by atomic mass is 9.87. The highest BCUT2D eigenvalue weighted by Crippen LogP contribution is 2.32. The van der Waals surface area contributed by atoms with E-state index in [0.717, 1.165) is 28.0 Å². The van der Waals surface area contributed by atoms with Gasteiger partial charge in [0.1, 0.15) is 18.1 Å². The second kappa shape index (κ2) is 8.91. The van der Waals surface area contributed by atoms with E-state index in [-0.39, 0.29) is 17.9 Å². The van der Waals surface area contributed by atoms with Crippen molar-refractivity contribution in [2.75, 3.05) is 12.4 Å². The molecular formula is C27H28ClN3O2. The van der Waals surface area contributed by atoms with Gasteiger partial charge in [-0.15, -0.1) is 0 Å². The number of rotatable bonds is 5. The Labute approximate surface area is 199 Å². The van der Waals surface area contributed by atoms with E-state index in [4.69, 9.17) is 21.3 Å². The van der Waals surface area contributed by atoms with E-state index in [1.165, 1.54) is 5.56 Å². The van der Waals surface area contributed by atoms with Crippen molar-refractivity contribution >= 4 is 34.2 Å². The Morgan fingerprint density at radius 2 is 1.79 bits per heavy atom. The van der Waals surface area contributed by atoms with Gasteiger partial charge in [-0.05, 0) is 41.7 Å². The maximum atomic E-state index is 13.1. The number of nitrogens with one attached hydrogen (secondary N) is 1. The molecule has 1 heterocycles. The summed E-state index contributed by atoms with van der Waals surface area (Å²) in [6, 6.07) is 19.8. The van der Waals surface area contributed by atoms with Gasteiger partial charge in [0.05, 0.1) is 23.8 Å². The molecule has 0 saturated heterocycles. The van der Waals surface area contributed by atoms with Crippen molar-refractivity contribution in [3.8, 4) is 17.1 Å². The summed E-state index contributed by atoms with van der Waals surface area (Å²) in [5, 5.41) is 3.56. The van der Waals surface area contributed by atoms with Gasteiger partial charge in [0.2, 0.25) is 5.91 Å². The molecule has 4 aromatic rings. The fourth-order valence-corrected chi connectivity index (χ4v) is 3.99. The summed E-state index contributed by atoms with van der Waals surface area (Å²) < 4.78 is 7.35. The van der Waals surface area contributed by atoms with Gasteiger partial charge in [0, 0.05) is 16.7 Å². The zero-order valence-corrected chi connectivity index (χ0v) is 20.3. The number of imidazole rings is 1. The Bertz CT molecular complexity index is 1320. The number of benzene rings is 3. The highest BCUT2D eigenvalue weighted by molar-refractivity contribution is 6.31. The number of aromatic nitrogens is 2. The molecule has 0 spiro atoms. The van der Waals surface area contributed by atoms with Crippen molar-refractivity contribution in [2.24, 2.45) is 0 Å². The minimum Gasteiger partial charge on any atom is -0.495 e. The minimum absolute atomic E-state index is 0.0638. The molecule has 0 atom stereocenters. The molecular weight excluding hydrogens is 434 g/mol. The molecule has 0 aliphatic carbocycles. The fraction of sp³-hybridized carbons (Fsp3) is 0.259. The van der Waals surface area contributed by atoms with Crippen molar-refractivity contribution < 1.29 is 9.53 Å². The van der Waals surface area contributed by atoms with Gasteiger partial charge in [0.15, 0.2) is 0 Å². The molecule has 0 bridgehead atoms. The van der Waals surface area contributed by atoms with Crippen LogP contribution < -0.4 is 10.1 Å². The number of fused-ring (bicyclic) bond motifs is 1.